The van der Waals surface area contributed by atoms with Crippen LogP contribution < -0.4 is 9.47 Å². The number of hydrogen-bond donors (Lipinski definition) is 0. The van der Waals surface area contributed by atoms with Gasteiger partial charge in [-0.15, -0.1) is 10.2 Å². The third-order valence-corrected chi connectivity index (χ3v) is 3.30. The molecule has 0 fully saturated rings. The van der Waals surface area contributed by atoms with Crippen molar-refractivity contribution in [2.24, 2.45) is 0 Å². The fourth-order valence-corrected chi connectivity index (χ4v) is 1.80. The van der Waals surface area contributed by atoms with Gasteiger partial charge in [-0.05, 0) is 38.0 Å². The van der Waals surface area contributed by atoms with Gasteiger partial charge in [-0.1, -0.05) is 30.7 Å². The maximum atomic E-state index is 5.93. The summed E-state index contributed by atoms with van der Waals surface area (Å²) in [7, 11) is 0. The Kier molecular flexibility index (Phi) is 4.79. The van der Waals surface area contributed by atoms with Gasteiger partial charge in [0.2, 0.25) is 5.88 Å². The van der Waals surface area contributed by atoms with Crippen molar-refractivity contribution in [1.82, 2.24) is 10.2 Å². The van der Waals surface area contributed by atoms with Crippen LogP contribution in [-0.2, 0) is 0 Å². The van der Waals surface area contributed by atoms with E-state index >= 15 is 0 Å². The average molecular weight is 293 g/mol. The lowest BCUT2D eigenvalue weighted by Gasteiger charge is -2.13. The van der Waals surface area contributed by atoms with E-state index in [1.54, 1.807) is 0 Å². The van der Waals surface area contributed by atoms with E-state index in [2.05, 4.69) is 17.1 Å². The molecule has 1 heterocycles. The quantitative estimate of drug-likeness (QED) is 0.823. The zero-order valence-electron chi connectivity index (χ0n) is 11.8. The molecule has 0 aliphatic heterocycles. The number of aromatic nitrogens is 2. The molecule has 20 heavy (non-hydrogen) atoms. The lowest BCUT2D eigenvalue weighted by Crippen LogP contribution is -2.00. The van der Waals surface area contributed by atoms with Crippen molar-refractivity contribution in [2.45, 2.75) is 27.2 Å². The molecule has 0 saturated carbocycles. The molecule has 1 aromatic carbocycles. The largest absolute Gasteiger partial charge is 0.490 e. The van der Waals surface area contributed by atoms with E-state index in [9.17, 15) is 0 Å². The monoisotopic (exact) mass is 292 g/mol. The summed E-state index contributed by atoms with van der Waals surface area (Å²) in [4.78, 5) is 0. The van der Waals surface area contributed by atoms with E-state index in [-0.39, 0.29) is 0 Å². The van der Waals surface area contributed by atoms with E-state index in [1.165, 1.54) is 0 Å². The molecule has 5 heteroatoms. The van der Waals surface area contributed by atoms with Gasteiger partial charge in [0.05, 0.1) is 6.61 Å². The van der Waals surface area contributed by atoms with E-state index in [4.69, 9.17) is 21.1 Å². The molecule has 0 saturated heterocycles. The molecule has 0 spiro atoms. The first-order valence-corrected chi connectivity index (χ1v) is 6.90. The second-order valence-corrected chi connectivity index (χ2v) is 4.80. The molecule has 0 radical (unpaired) electrons. The Morgan fingerprint density at radius 2 is 1.75 bits per heavy atom. The van der Waals surface area contributed by atoms with Gasteiger partial charge in [0.25, 0.3) is 0 Å². The summed E-state index contributed by atoms with van der Waals surface area (Å²) in [5, 5.41) is 8.27. The van der Waals surface area contributed by atoms with Crippen molar-refractivity contribution in [3.05, 3.63) is 40.5 Å². The molecule has 0 aliphatic rings. The van der Waals surface area contributed by atoms with Crippen LogP contribution in [0.25, 0.3) is 0 Å². The molecule has 0 atom stereocenters. The van der Waals surface area contributed by atoms with Gasteiger partial charge >= 0.3 is 0 Å². The molecular formula is C15H17ClN2O2. The topological polar surface area (TPSA) is 44.2 Å². The van der Waals surface area contributed by atoms with Crippen LogP contribution in [0.4, 0.5) is 0 Å². The maximum Gasteiger partial charge on any atom is 0.242 e. The highest BCUT2D eigenvalue weighted by Crippen LogP contribution is 2.33. The Balaban J connectivity index is 2.28. The lowest BCUT2D eigenvalue weighted by atomic mass is 10.2. The van der Waals surface area contributed by atoms with E-state index in [1.807, 2.05) is 38.1 Å². The summed E-state index contributed by atoms with van der Waals surface area (Å²) in [5.74, 6) is 1.77. The van der Waals surface area contributed by atoms with Crippen molar-refractivity contribution in [3.8, 4) is 17.4 Å². The van der Waals surface area contributed by atoms with Gasteiger partial charge in [-0.3, -0.25) is 0 Å². The van der Waals surface area contributed by atoms with Gasteiger partial charge in [0.1, 0.15) is 0 Å². The van der Waals surface area contributed by atoms with Crippen molar-refractivity contribution < 1.29 is 9.47 Å². The average Bonchev–Trinajstić information content (AvgIpc) is 2.47. The van der Waals surface area contributed by atoms with Crippen LogP contribution in [0.15, 0.2) is 24.3 Å². The summed E-state index contributed by atoms with van der Waals surface area (Å²) in [6.45, 7) is 6.49. The molecule has 0 bridgehead atoms. The minimum Gasteiger partial charge on any atom is -0.490 e. The highest BCUT2D eigenvalue weighted by molar-refractivity contribution is 6.30. The molecule has 4 nitrogen and oxygen atoms in total. The van der Waals surface area contributed by atoms with Crippen LogP contribution in [0.3, 0.4) is 0 Å². The normalized spacial score (nSPS) is 10.4. The molecular weight excluding hydrogens is 276 g/mol. The van der Waals surface area contributed by atoms with Gasteiger partial charge in [-0.2, -0.15) is 0 Å². The second kappa shape index (κ2) is 6.57. The Morgan fingerprint density at radius 1 is 1.05 bits per heavy atom. The van der Waals surface area contributed by atoms with E-state index in [0.29, 0.717) is 29.1 Å². The Labute approximate surface area is 123 Å². The molecule has 1 aromatic heterocycles. The fourth-order valence-electron chi connectivity index (χ4n) is 1.62. The predicted molar refractivity (Wildman–Crippen MR) is 78.8 cm³/mol. The molecule has 2 aromatic rings. The van der Waals surface area contributed by atoms with Crippen LogP contribution >= 0.6 is 11.6 Å². The highest BCUT2D eigenvalue weighted by Gasteiger charge is 2.12. The van der Waals surface area contributed by atoms with Crippen molar-refractivity contribution in [1.29, 1.82) is 0 Å². The van der Waals surface area contributed by atoms with Gasteiger partial charge in [0, 0.05) is 5.56 Å². The number of hydrogen-bond acceptors (Lipinski definition) is 4. The minimum atomic E-state index is 0.394. The predicted octanol–water partition coefficient (Wildman–Crippen LogP) is 4.33. The molecule has 0 aliphatic carbocycles. The zero-order valence-corrected chi connectivity index (χ0v) is 12.6. The highest BCUT2D eigenvalue weighted by atomic mass is 35.5. The van der Waals surface area contributed by atoms with E-state index in [0.717, 1.165) is 17.5 Å². The Morgan fingerprint density at radius 3 is 2.45 bits per heavy atom. The van der Waals surface area contributed by atoms with Crippen LogP contribution in [0.5, 0.6) is 17.4 Å². The fraction of sp³-hybridized carbons (Fsp3) is 0.333. The second-order valence-electron chi connectivity index (χ2n) is 4.44. The summed E-state index contributed by atoms with van der Waals surface area (Å²) >= 11 is 5.93. The number of benzene rings is 1. The van der Waals surface area contributed by atoms with Crippen LogP contribution in [0.1, 0.15) is 24.5 Å². The summed E-state index contributed by atoms with van der Waals surface area (Å²) in [5.41, 5.74) is 1.74. The maximum absolute atomic E-state index is 5.93. The summed E-state index contributed by atoms with van der Waals surface area (Å²) < 4.78 is 11.5. The van der Waals surface area contributed by atoms with Crippen LogP contribution in [0, 0.1) is 13.8 Å². The molecule has 0 N–H and O–H groups in total. The molecule has 106 valence electrons. The van der Waals surface area contributed by atoms with Crippen molar-refractivity contribution in [2.75, 3.05) is 6.61 Å². The molecule has 0 unspecified atom stereocenters. The SMILES string of the molecule is CCCOc1ccccc1Oc1nnc(Cl)c(C)c1C. The lowest BCUT2D eigenvalue weighted by molar-refractivity contribution is 0.300. The third-order valence-electron chi connectivity index (χ3n) is 2.94. The number of rotatable bonds is 5. The minimum absolute atomic E-state index is 0.394. The molecule has 2 rings (SSSR count). The first-order chi connectivity index (χ1) is 9.63. The van der Waals surface area contributed by atoms with Gasteiger partial charge in [-0.25, -0.2) is 0 Å². The molecule has 0 amide bonds. The third kappa shape index (κ3) is 3.20. The van der Waals surface area contributed by atoms with Gasteiger partial charge in [0.15, 0.2) is 16.7 Å². The number of ether oxygens (including phenoxy) is 2. The van der Waals surface area contributed by atoms with Crippen molar-refractivity contribution in [3.63, 3.8) is 0 Å². The first kappa shape index (κ1) is 14.6. The number of para-hydroxylation sites is 2. The summed E-state index contributed by atoms with van der Waals surface area (Å²) in [6.07, 6.45) is 0.938. The summed E-state index contributed by atoms with van der Waals surface area (Å²) in [6, 6.07) is 7.51. The Hall–Kier alpha value is -1.81. The standard InChI is InChI=1S/C15H17ClN2O2/c1-4-9-19-12-7-5-6-8-13(12)20-15-11(3)10(2)14(16)17-18-15/h5-8H,4,9H2,1-3H3. The smallest absolute Gasteiger partial charge is 0.242 e. The zero-order chi connectivity index (χ0) is 14.5. The van der Waals surface area contributed by atoms with Crippen molar-refractivity contribution >= 4 is 11.6 Å². The van der Waals surface area contributed by atoms with Gasteiger partial charge < -0.3 is 9.47 Å². The first-order valence-electron chi connectivity index (χ1n) is 6.52. The number of halogens is 1. The van der Waals surface area contributed by atoms with Crippen LogP contribution in [0.2, 0.25) is 5.15 Å². The van der Waals surface area contributed by atoms with E-state index < -0.39 is 0 Å². The van der Waals surface area contributed by atoms with Crippen LogP contribution in [-0.4, -0.2) is 16.8 Å². The Bertz CT molecular complexity index is 602. The number of nitrogens with zero attached hydrogens (tertiary/aromatic N) is 2.